The van der Waals surface area contributed by atoms with Gasteiger partial charge in [0.2, 0.25) is 0 Å². The van der Waals surface area contributed by atoms with Gasteiger partial charge in [0.1, 0.15) is 5.75 Å². The zero-order chi connectivity index (χ0) is 15.7. The van der Waals surface area contributed by atoms with Crippen molar-refractivity contribution in [3.8, 4) is 5.75 Å². The first-order valence-electron chi connectivity index (χ1n) is 7.87. The van der Waals surface area contributed by atoms with E-state index in [1.807, 2.05) is 6.07 Å². The second kappa shape index (κ2) is 9.82. The molecule has 0 aliphatic carbocycles. The summed E-state index contributed by atoms with van der Waals surface area (Å²) in [7, 11) is 0.185. The second-order valence-electron chi connectivity index (χ2n) is 5.42. The number of ether oxygens (including phenoxy) is 1. The Balaban J connectivity index is 2.88. The molecule has 0 fully saturated rings. The molecule has 1 aromatic rings. The molecule has 0 unspecified atom stereocenters. The van der Waals surface area contributed by atoms with E-state index >= 15 is 0 Å². The molecule has 0 saturated carbocycles. The number of hydrogen-bond donors (Lipinski definition) is 2. The van der Waals surface area contributed by atoms with Crippen LogP contribution >= 0.6 is 0 Å². The molecule has 0 aromatic heterocycles. The second-order valence-corrected chi connectivity index (χ2v) is 5.42. The van der Waals surface area contributed by atoms with E-state index in [-0.39, 0.29) is 0 Å². The van der Waals surface area contributed by atoms with Gasteiger partial charge in [-0.15, -0.1) is 0 Å². The SMILES string of the molecule is CCCCN(CCCC)Cc1cc(OC)ccc1B(O)O. The van der Waals surface area contributed by atoms with E-state index in [9.17, 15) is 10.0 Å². The molecule has 4 nitrogen and oxygen atoms in total. The van der Waals surface area contributed by atoms with Gasteiger partial charge in [0, 0.05) is 6.54 Å². The van der Waals surface area contributed by atoms with Gasteiger partial charge in [0.25, 0.3) is 0 Å². The first-order chi connectivity index (χ1) is 10.1. The maximum absolute atomic E-state index is 9.53. The molecular weight excluding hydrogens is 265 g/mol. The highest BCUT2D eigenvalue weighted by Crippen LogP contribution is 2.14. The lowest BCUT2D eigenvalue weighted by Crippen LogP contribution is -2.36. The van der Waals surface area contributed by atoms with Gasteiger partial charge in [0.15, 0.2) is 0 Å². The fourth-order valence-corrected chi connectivity index (χ4v) is 2.37. The minimum absolute atomic E-state index is 0.564. The third kappa shape index (κ3) is 6.08. The van der Waals surface area contributed by atoms with Crippen molar-refractivity contribution in [3.05, 3.63) is 23.8 Å². The van der Waals surface area contributed by atoms with E-state index in [2.05, 4.69) is 18.7 Å². The van der Waals surface area contributed by atoms with Crippen LogP contribution < -0.4 is 10.2 Å². The van der Waals surface area contributed by atoms with Gasteiger partial charge < -0.3 is 14.8 Å². The van der Waals surface area contributed by atoms with Crippen molar-refractivity contribution in [2.24, 2.45) is 0 Å². The monoisotopic (exact) mass is 293 g/mol. The summed E-state index contributed by atoms with van der Waals surface area (Å²) < 4.78 is 5.25. The minimum Gasteiger partial charge on any atom is -0.497 e. The van der Waals surface area contributed by atoms with Crippen LogP contribution in [0.5, 0.6) is 5.75 Å². The predicted molar refractivity (Wildman–Crippen MR) is 87.9 cm³/mol. The van der Waals surface area contributed by atoms with E-state index in [1.165, 1.54) is 0 Å². The molecule has 1 aromatic carbocycles. The van der Waals surface area contributed by atoms with Crippen LogP contribution in [-0.4, -0.2) is 42.3 Å². The smallest absolute Gasteiger partial charge is 0.488 e. The zero-order valence-electron chi connectivity index (χ0n) is 13.5. The fraction of sp³-hybridized carbons (Fsp3) is 0.625. The minimum atomic E-state index is -1.44. The lowest BCUT2D eigenvalue weighted by Gasteiger charge is -2.23. The van der Waals surface area contributed by atoms with Crippen LogP contribution in [0.2, 0.25) is 0 Å². The van der Waals surface area contributed by atoms with Crippen molar-refractivity contribution in [1.82, 2.24) is 4.90 Å². The summed E-state index contributed by atoms with van der Waals surface area (Å²) in [5, 5.41) is 19.1. The fourth-order valence-electron chi connectivity index (χ4n) is 2.37. The van der Waals surface area contributed by atoms with Crippen LogP contribution in [0.3, 0.4) is 0 Å². The summed E-state index contributed by atoms with van der Waals surface area (Å²) in [6.07, 6.45) is 4.64. The highest BCUT2D eigenvalue weighted by atomic mass is 16.5. The Morgan fingerprint density at radius 1 is 1.10 bits per heavy atom. The number of unbranched alkanes of at least 4 members (excludes halogenated alkanes) is 2. The highest BCUT2D eigenvalue weighted by molar-refractivity contribution is 6.59. The van der Waals surface area contributed by atoms with Gasteiger partial charge in [-0.1, -0.05) is 32.8 Å². The summed E-state index contributed by atoms with van der Waals surface area (Å²) in [4.78, 5) is 2.38. The van der Waals surface area contributed by atoms with Gasteiger partial charge in [-0.3, -0.25) is 4.90 Å². The molecular formula is C16H28BNO3. The van der Waals surface area contributed by atoms with E-state index < -0.39 is 7.12 Å². The molecule has 5 heteroatoms. The summed E-state index contributed by atoms with van der Waals surface area (Å²) in [6, 6.07) is 5.40. The maximum atomic E-state index is 9.53. The van der Waals surface area contributed by atoms with E-state index in [0.717, 1.165) is 56.6 Å². The normalized spacial score (nSPS) is 11.0. The molecule has 0 spiro atoms. The van der Waals surface area contributed by atoms with Crippen LogP contribution in [0, 0.1) is 0 Å². The van der Waals surface area contributed by atoms with Crippen LogP contribution in [0.4, 0.5) is 0 Å². The molecule has 0 aliphatic heterocycles. The van der Waals surface area contributed by atoms with Gasteiger partial charge in [0.05, 0.1) is 7.11 Å². The number of benzene rings is 1. The lowest BCUT2D eigenvalue weighted by atomic mass is 9.77. The molecule has 1 rings (SSSR count). The Morgan fingerprint density at radius 3 is 2.19 bits per heavy atom. The van der Waals surface area contributed by atoms with E-state index in [1.54, 1.807) is 19.2 Å². The highest BCUT2D eigenvalue weighted by Gasteiger charge is 2.18. The Labute approximate surface area is 128 Å². The molecule has 0 saturated heterocycles. The average molecular weight is 293 g/mol. The van der Waals surface area contributed by atoms with Gasteiger partial charge in [-0.05, 0) is 49.1 Å². The first kappa shape index (κ1) is 18.0. The Morgan fingerprint density at radius 2 is 1.71 bits per heavy atom. The predicted octanol–water partition coefficient (Wildman–Crippen LogP) is 1.78. The van der Waals surface area contributed by atoms with Crippen molar-refractivity contribution >= 4 is 12.6 Å². The summed E-state index contributed by atoms with van der Waals surface area (Å²) in [5.74, 6) is 0.750. The quantitative estimate of drug-likeness (QED) is 0.646. The van der Waals surface area contributed by atoms with Gasteiger partial charge >= 0.3 is 7.12 Å². The molecule has 0 amide bonds. The topological polar surface area (TPSA) is 52.9 Å². The van der Waals surface area contributed by atoms with Crippen molar-refractivity contribution in [2.75, 3.05) is 20.2 Å². The Bertz CT molecular complexity index is 405. The number of hydrogen-bond acceptors (Lipinski definition) is 4. The van der Waals surface area contributed by atoms with Crippen LogP contribution in [0.25, 0.3) is 0 Å². The number of methoxy groups -OCH3 is 1. The van der Waals surface area contributed by atoms with Crippen molar-refractivity contribution in [2.45, 2.75) is 46.1 Å². The summed E-state index contributed by atoms with van der Waals surface area (Å²) >= 11 is 0. The summed E-state index contributed by atoms with van der Waals surface area (Å²) in [5.41, 5.74) is 1.49. The molecule has 0 aliphatic rings. The lowest BCUT2D eigenvalue weighted by molar-refractivity contribution is 0.257. The molecule has 118 valence electrons. The third-order valence-electron chi connectivity index (χ3n) is 3.68. The van der Waals surface area contributed by atoms with Gasteiger partial charge in [-0.2, -0.15) is 0 Å². The summed E-state index contributed by atoms with van der Waals surface area (Å²) in [6.45, 7) is 7.17. The van der Waals surface area contributed by atoms with Crippen molar-refractivity contribution in [3.63, 3.8) is 0 Å². The molecule has 21 heavy (non-hydrogen) atoms. The number of nitrogens with zero attached hydrogens (tertiary/aromatic N) is 1. The van der Waals surface area contributed by atoms with E-state index in [0.29, 0.717) is 5.46 Å². The van der Waals surface area contributed by atoms with Crippen LogP contribution in [0.1, 0.15) is 45.1 Å². The standard InChI is InChI=1S/C16H28BNO3/c1-4-6-10-18(11-7-5-2)13-14-12-15(21-3)8-9-16(14)17(19)20/h8-9,12,19-20H,4-7,10-11,13H2,1-3H3. The van der Waals surface area contributed by atoms with Crippen molar-refractivity contribution in [1.29, 1.82) is 0 Å². The molecule has 0 heterocycles. The molecule has 0 radical (unpaired) electrons. The first-order valence-corrected chi connectivity index (χ1v) is 7.87. The number of rotatable bonds is 10. The maximum Gasteiger partial charge on any atom is 0.488 e. The van der Waals surface area contributed by atoms with Gasteiger partial charge in [-0.25, -0.2) is 0 Å². The molecule has 2 N–H and O–H groups in total. The van der Waals surface area contributed by atoms with Crippen molar-refractivity contribution < 1.29 is 14.8 Å². The van der Waals surface area contributed by atoms with Crippen LogP contribution in [0.15, 0.2) is 18.2 Å². The zero-order valence-corrected chi connectivity index (χ0v) is 13.5. The third-order valence-corrected chi connectivity index (χ3v) is 3.68. The average Bonchev–Trinajstić information content (AvgIpc) is 2.49. The van der Waals surface area contributed by atoms with E-state index in [4.69, 9.17) is 4.74 Å². The Hall–Kier alpha value is -1.04. The van der Waals surface area contributed by atoms with Crippen LogP contribution in [-0.2, 0) is 6.54 Å². The Kier molecular flexibility index (Phi) is 8.42. The largest absolute Gasteiger partial charge is 0.497 e. The molecule has 0 atom stereocenters. The molecule has 0 bridgehead atoms.